The maximum Gasteiger partial charge on any atom is 0.237 e. The van der Waals surface area contributed by atoms with Crippen molar-refractivity contribution in [1.82, 2.24) is 14.8 Å². The van der Waals surface area contributed by atoms with Crippen LogP contribution in [0.5, 0.6) is 11.5 Å². The molecule has 0 spiro atoms. The van der Waals surface area contributed by atoms with Crippen molar-refractivity contribution >= 4 is 23.4 Å². The van der Waals surface area contributed by atoms with Crippen molar-refractivity contribution < 1.29 is 14.3 Å². The third-order valence-electron chi connectivity index (χ3n) is 4.36. The quantitative estimate of drug-likeness (QED) is 0.639. The van der Waals surface area contributed by atoms with Crippen LogP contribution >= 0.6 is 11.8 Å². The SMILES string of the molecule is CCn1c(S[C@@H](C)C(=O)Nc2ccc3c(c2)OCO3)nnc1-c1ccccc1. The molecule has 1 aromatic heterocycles. The molecule has 0 unspecified atom stereocenters. The van der Waals surface area contributed by atoms with Crippen molar-refractivity contribution in [3.8, 4) is 22.9 Å². The number of benzene rings is 2. The molecule has 0 radical (unpaired) electrons. The van der Waals surface area contributed by atoms with Crippen LogP contribution in [0.1, 0.15) is 13.8 Å². The largest absolute Gasteiger partial charge is 0.454 e. The van der Waals surface area contributed by atoms with E-state index in [1.165, 1.54) is 11.8 Å². The molecule has 4 rings (SSSR count). The molecule has 0 saturated heterocycles. The summed E-state index contributed by atoms with van der Waals surface area (Å²) in [6.07, 6.45) is 0. The molecule has 1 amide bonds. The van der Waals surface area contributed by atoms with E-state index in [1.807, 2.05) is 48.7 Å². The van der Waals surface area contributed by atoms with E-state index in [4.69, 9.17) is 9.47 Å². The van der Waals surface area contributed by atoms with E-state index in [2.05, 4.69) is 15.5 Å². The van der Waals surface area contributed by atoms with Gasteiger partial charge in [0.1, 0.15) is 0 Å². The maximum atomic E-state index is 12.6. The summed E-state index contributed by atoms with van der Waals surface area (Å²) in [5, 5.41) is 11.9. The van der Waals surface area contributed by atoms with Gasteiger partial charge in [-0.2, -0.15) is 0 Å². The first-order valence-electron chi connectivity index (χ1n) is 9.01. The second kappa shape index (κ2) is 7.93. The van der Waals surface area contributed by atoms with Gasteiger partial charge in [-0.1, -0.05) is 42.1 Å². The van der Waals surface area contributed by atoms with Gasteiger partial charge in [0.15, 0.2) is 22.5 Å². The molecule has 0 saturated carbocycles. The summed E-state index contributed by atoms with van der Waals surface area (Å²) >= 11 is 1.38. The number of aromatic nitrogens is 3. The van der Waals surface area contributed by atoms with Crippen LogP contribution in [-0.2, 0) is 11.3 Å². The number of amides is 1. The fourth-order valence-corrected chi connectivity index (χ4v) is 3.80. The van der Waals surface area contributed by atoms with Gasteiger partial charge in [0, 0.05) is 23.9 Å². The lowest BCUT2D eigenvalue weighted by Gasteiger charge is -2.13. The van der Waals surface area contributed by atoms with Gasteiger partial charge in [0.25, 0.3) is 0 Å². The third kappa shape index (κ3) is 3.68. The first-order valence-corrected chi connectivity index (χ1v) is 9.89. The zero-order valence-corrected chi connectivity index (χ0v) is 16.4. The minimum absolute atomic E-state index is 0.115. The average Bonchev–Trinajstić information content (AvgIpc) is 3.34. The highest BCUT2D eigenvalue weighted by molar-refractivity contribution is 8.00. The maximum absolute atomic E-state index is 12.6. The van der Waals surface area contributed by atoms with Crippen LogP contribution < -0.4 is 14.8 Å². The Labute approximate surface area is 167 Å². The summed E-state index contributed by atoms with van der Waals surface area (Å²) in [4.78, 5) is 12.6. The highest BCUT2D eigenvalue weighted by Crippen LogP contribution is 2.34. The molecule has 1 atom stereocenters. The predicted octanol–water partition coefficient (Wildman–Crippen LogP) is 3.81. The van der Waals surface area contributed by atoms with Crippen molar-refractivity contribution in [3.05, 3.63) is 48.5 Å². The highest BCUT2D eigenvalue weighted by Gasteiger charge is 2.21. The number of rotatable bonds is 6. The fourth-order valence-electron chi connectivity index (χ4n) is 2.89. The minimum Gasteiger partial charge on any atom is -0.454 e. The minimum atomic E-state index is -0.344. The van der Waals surface area contributed by atoms with Crippen LogP contribution in [0.2, 0.25) is 0 Å². The topological polar surface area (TPSA) is 78.3 Å². The van der Waals surface area contributed by atoms with E-state index in [-0.39, 0.29) is 18.0 Å². The Kier molecular flexibility index (Phi) is 5.21. The van der Waals surface area contributed by atoms with Crippen molar-refractivity contribution in [2.24, 2.45) is 0 Å². The van der Waals surface area contributed by atoms with Crippen LogP contribution in [-0.4, -0.2) is 32.7 Å². The lowest BCUT2D eigenvalue weighted by atomic mass is 10.2. The number of hydrogen-bond acceptors (Lipinski definition) is 6. The smallest absolute Gasteiger partial charge is 0.237 e. The summed E-state index contributed by atoms with van der Waals surface area (Å²) in [5.74, 6) is 2.01. The van der Waals surface area contributed by atoms with Crippen LogP contribution in [0.3, 0.4) is 0 Å². The molecule has 0 bridgehead atoms. The first-order chi connectivity index (χ1) is 13.7. The number of carbonyl (C=O) groups excluding carboxylic acids is 1. The van der Waals surface area contributed by atoms with Gasteiger partial charge in [-0.15, -0.1) is 10.2 Å². The number of anilines is 1. The molecule has 7 nitrogen and oxygen atoms in total. The molecule has 1 N–H and O–H groups in total. The van der Waals surface area contributed by atoms with E-state index in [9.17, 15) is 4.79 Å². The molecule has 8 heteroatoms. The number of hydrogen-bond donors (Lipinski definition) is 1. The first kappa shape index (κ1) is 18.4. The van der Waals surface area contributed by atoms with E-state index < -0.39 is 0 Å². The van der Waals surface area contributed by atoms with Gasteiger partial charge in [0.05, 0.1) is 5.25 Å². The van der Waals surface area contributed by atoms with E-state index in [0.717, 1.165) is 23.1 Å². The van der Waals surface area contributed by atoms with Crippen molar-refractivity contribution in [1.29, 1.82) is 0 Å². The molecule has 2 heterocycles. The summed E-state index contributed by atoms with van der Waals surface area (Å²) in [7, 11) is 0. The Bertz CT molecular complexity index is 990. The lowest BCUT2D eigenvalue weighted by molar-refractivity contribution is -0.115. The molecular formula is C20H20N4O3S. The molecular weight excluding hydrogens is 376 g/mol. The van der Waals surface area contributed by atoms with E-state index in [1.54, 1.807) is 18.2 Å². The number of ether oxygens (including phenoxy) is 2. The monoisotopic (exact) mass is 396 g/mol. The molecule has 2 aromatic carbocycles. The molecule has 1 aliphatic rings. The zero-order chi connectivity index (χ0) is 19.5. The normalized spacial score (nSPS) is 13.4. The number of fused-ring (bicyclic) bond motifs is 1. The van der Waals surface area contributed by atoms with Gasteiger partial charge in [-0.3, -0.25) is 4.79 Å². The highest BCUT2D eigenvalue weighted by atomic mass is 32.2. The number of nitrogens with zero attached hydrogens (tertiary/aromatic N) is 3. The van der Waals surface area contributed by atoms with Crippen LogP contribution in [0.25, 0.3) is 11.4 Å². The second-order valence-electron chi connectivity index (χ2n) is 6.23. The Balaban J connectivity index is 1.46. The number of carbonyl (C=O) groups is 1. The Morgan fingerprint density at radius 2 is 1.96 bits per heavy atom. The van der Waals surface area contributed by atoms with Gasteiger partial charge in [0.2, 0.25) is 12.7 Å². The van der Waals surface area contributed by atoms with Gasteiger partial charge >= 0.3 is 0 Å². The Morgan fingerprint density at radius 1 is 1.18 bits per heavy atom. The summed E-state index contributed by atoms with van der Waals surface area (Å²) in [6, 6.07) is 15.3. The predicted molar refractivity (Wildman–Crippen MR) is 108 cm³/mol. The third-order valence-corrected chi connectivity index (χ3v) is 5.44. The molecule has 0 fully saturated rings. The van der Waals surface area contributed by atoms with E-state index >= 15 is 0 Å². The van der Waals surface area contributed by atoms with Crippen molar-refractivity contribution in [2.45, 2.75) is 30.8 Å². The van der Waals surface area contributed by atoms with Crippen LogP contribution in [0.15, 0.2) is 53.7 Å². The molecule has 1 aliphatic heterocycles. The number of thioether (sulfide) groups is 1. The van der Waals surface area contributed by atoms with Crippen molar-refractivity contribution in [2.75, 3.05) is 12.1 Å². The molecule has 144 valence electrons. The Hall–Kier alpha value is -3.00. The second-order valence-corrected chi connectivity index (χ2v) is 7.54. The zero-order valence-electron chi connectivity index (χ0n) is 15.6. The number of nitrogens with one attached hydrogen (secondary N) is 1. The van der Waals surface area contributed by atoms with Crippen molar-refractivity contribution in [3.63, 3.8) is 0 Å². The van der Waals surface area contributed by atoms with Crippen LogP contribution in [0.4, 0.5) is 5.69 Å². The van der Waals surface area contributed by atoms with Gasteiger partial charge < -0.3 is 19.4 Å². The lowest BCUT2D eigenvalue weighted by Crippen LogP contribution is -2.22. The molecule has 0 aliphatic carbocycles. The fraction of sp³-hybridized carbons (Fsp3) is 0.250. The van der Waals surface area contributed by atoms with E-state index in [0.29, 0.717) is 17.2 Å². The average molecular weight is 396 g/mol. The summed E-state index contributed by atoms with van der Waals surface area (Å²) < 4.78 is 12.7. The van der Waals surface area contributed by atoms with Crippen LogP contribution in [0, 0.1) is 0 Å². The summed E-state index contributed by atoms with van der Waals surface area (Å²) in [6.45, 7) is 4.81. The summed E-state index contributed by atoms with van der Waals surface area (Å²) in [5.41, 5.74) is 1.67. The molecule has 3 aromatic rings. The van der Waals surface area contributed by atoms with Gasteiger partial charge in [-0.25, -0.2) is 0 Å². The van der Waals surface area contributed by atoms with Gasteiger partial charge in [-0.05, 0) is 26.0 Å². The molecule has 28 heavy (non-hydrogen) atoms. The Morgan fingerprint density at radius 3 is 2.75 bits per heavy atom. The standard InChI is InChI=1S/C20H20N4O3S/c1-3-24-18(14-7-5-4-6-8-14)22-23-20(24)28-13(2)19(25)21-15-9-10-16-17(11-15)27-12-26-16/h4-11,13H,3,12H2,1-2H3,(H,21,25)/t13-/m0/s1.